The van der Waals surface area contributed by atoms with Crippen LogP contribution in [0.25, 0.3) is 11.2 Å². The Morgan fingerprint density at radius 1 is 1.48 bits per heavy atom. The number of fused-ring (bicyclic) bond motifs is 1. The van der Waals surface area contributed by atoms with Crippen molar-refractivity contribution in [3.05, 3.63) is 27.2 Å². The lowest BCUT2D eigenvalue weighted by Gasteiger charge is -2.22. The van der Waals surface area contributed by atoms with Crippen molar-refractivity contribution in [3.63, 3.8) is 0 Å². The Morgan fingerprint density at radius 2 is 2.33 bits per heavy atom. The summed E-state index contributed by atoms with van der Waals surface area (Å²) in [5, 5.41) is 0. The van der Waals surface area contributed by atoms with E-state index in [9.17, 15) is 9.59 Å². The third kappa shape index (κ3) is 2.64. The van der Waals surface area contributed by atoms with E-state index in [1.807, 2.05) is 0 Å². The molecule has 1 aliphatic rings. The van der Waals surface area contributed by atoms with Crippen LogP contribution in [-0.2, 0) is 23.1 Å². The van der Waals surface area contributed by atoms with E-state index in [0.29, 0.717) is 17.8 Å². The van der Waals surface area contributed by atoms with Crippen LogP contribution in [0.4, 0.5) is 0 Å². The molecule has 8 nitrogen and oxygen atoms in total. The summed E-state index contributed by atoms with van der Waals surface area (Å²) in [5.74, 6) is 0. The van der Waals surface area contributed by atoms with E-state index in [1.165, 1.54) is 10.9 Å². The summed E-state index contributed by atoms with van der Waals surface area (Å²) in [6.07, 6.45) is 4.16. The highest BCUT2D eigenvalue weighted by molar-refractivity contribution is 5.68. The number of aromatic nitrogens is 4. The van der Waals surface area contributed by atoms with Crippen molar-refractivity contribution >= 4 is 11.2 Å². The molecule has 2 aromatic rings. The minimum Gasteiger partial charge on any atom is -0.353 e. The van der Waals surface area contributed by atoms with Gasteiger partial charge in [0, 0.05) is 13.7 Å². The number of hydrogen-bond donors (Lipinski definition) is 1. The fraction of sp³-hybridized carbons (Fsp3) is 0.615. The van der Waals surface area contributed by atoms with Crippen LogP contribution in [-0.4, -0.2) is 38.6 Å². The van der Waals surface area contributed by atoms with Crippen molar-refractivity contribution in [3.8, 4) is 0 Å². The molecule has 3 heterocycles. The SMILES string of the molecule is Cn1c(=O)n(CCOC2CCCCO2)c(=O)c2[nH]cnc21. The largest absolute Gasteiger partial charge is 0.353 e. The highest BCUT2D eigenvalue weighted by Gasteiger charge is 2.16. The zero-order valence-corrected chi connectivity index (χ0v) is 11.9. The Hall–Kier alpha value is -1.93. The van der Waals surface area contributed by atoms with Crippen LogP contribution in [0.2, 0.25) is 0 Å². The summed E-state index contributed by atoms with van der Waals surface area (Å²) in [5.41, 5.74) is -0.0877. The molecule has 0 radical (unpaired) electrons. The van der Waals surface area contributed by atoms with Crippen molar-refractivity contribution < 1.29 is 9.47 Å². The second-order valence-corrected chi connectivity index (χ2v) is 5.07. The molecule has 2 aromatic heterocycles. The van der Waals surface area contributed by atoms with Crippen LogP contribution in [0, 0.1) is 0 Å². The lowest BCUT2D eigenvalue weighted by Crippen LogP contribution is -2.40. The Labute approximate surface area is 120 Å². The van der Waals surface area contributed by atoms with E-state index in [0.717, 1.165) is 23.8 Å². The number of nitrogens with zero attached hydrogens (tertiary/aromatic N) is 3. The topological polar surface area (TPSA) is 91.1 Å². The van der Waals surface area contributed by atoms with Crippen LogP contribution >= 0.6 is 0 Å². The van der Waals surface area contributed by atoms with Crippen LogP contribution in [0.1, 0.15) is 19.3 Å². The van der Waals surface area contributed by atoms with Gasteiger partial charge in [0.05, 0.1) is 19.5 Å². The van der Waals surface area contributed by atoms with Crippen molar-refractivity contribution in [1.29, 1.82) is 0 Å². The molecule has 1 saturated heterocycles. The molecule has 1 N–H and O–H groups in total. The third-order valence-corrected chi connectivity index (χ3v) is 3.67. The minimum absolute atomic E-state index is 0.195. The fourth-order valence-corrected chi connectivity index (χ4v) is 2.51. The molecule has 114 valence electrons. The van der Waals surface area contributed by atoms with Gasteiger partial charge in [-0.05, 0) is 19.3 Å². The molecule has 1 unspecified atom stereocenters. The second kappa shape index (κ2) is 5.82. The third-order valence-electron chi connectivity index (χ3n) is 3.67. The van der Waals surface area contributed by atoms with E-state index in [1.54, 1.807) is 7.05 Å². The number of ether oxygens (including phenoxy) is 2. The van der Waals surface area contributed by atoms with Crippen LogP contribution in [0.5, 0.6) is 0 Å². The molecule has 0 aliphatic carbocycles. The highest BCUT2D eigenvalue weighted by Crippen LogP contribution is 2.13. The molecular weight excluding hydrogens is 276 g/mol. The first-order chi connectivity index (χ1) is 10.2. The number of nitrogens with one attached hydrogen (secondary N) is 1. The van der Waals surface area contributed by atoms with E-state index < -0.39 is 5.69 Å². The molecule has 21 heavy (non-hydrogen) atoms. The van der Waals surface area contributed by atoms with E-state index in [4.69, 9.17) is 9.47 Å². The molecule has 0 aromatic carbocycles. The molecule has 8 heteroatoms. The Balaban J connectivity index is 1.77. The average Bonchev–Trinajstić information content (AvgIpc) is 2.99. The van der Waals surface area contributed by atoms with Crippen molar-refractivity contribution in [1.82, 2.24) is 19.1 Å². The number of imidazole rings is 1. The number of hydrogen-bond acceptors (Lipinski definition) is 5. The predicted octanol–water partition coefficient (Wildman–Crippen LogP) is -0.0335. The zero-order valence-electron chi connectivity index (χ0n) is 11.9. The lowest BCUT2D eigenvalue weighted by molar-refractivity contribution is -0.163. The van der Waals surface area contributed by atoms with Gasteiger partial charge in [0.1, 0.15) is 5.52 Å². The van der Waals surface area contributed by atoms with E-state index in [-0.39, 0.29) is 25.0 Å². The first-order valence-electron chi connectivity index (χ1n) is 7.04. The maximum absolute atomic E-state index is 12.2. The maximum atomic E-state index is 12.2. The fourth-order valence-electron chi connectivity index (χ4n) is 2.51. The first kappa shape index (κ1) is 14.0. The summed E-state index contributed by atoms with van der Waals surface area (Å²) in [4.78, 5) is 31.1. The van der Waals surface area contributed by atoms with Gasteiger partial charge in [-0.25, -0.2) is 9.78 Å². The Morgan fingerprint density at radius 3 is 3.10 bits per heavy atom. The summed E-state index contributed by atoms with van der Waals surface area (Å²) >= 11 is 0. The average molecular weight is 294 g/mol. The smallest absolute Gasteiger partial charge is 0.332 e. The van der Waals surface area contributed by atoms with E-state index >= 15 is 0 Å². The number of aromatic amines is 1. The van der Waals surface area contributed by atoms with Crippen molar-refractivity contribution in [2.45, 2.75) is 32.1 Å². The van der Waals surface area contributed by atoms with Gasteiger partial charge >= 0.3 is 5.69 Å². The Bertz CT molecular complexity index is 739. The zero-order chi connectivity index (χ0) is 14.8. The molecule has 1 fully saturated rings. The van der Waals surface area contributed by atoms with Gasteiger partial charge in [-0.3, -0.25) is 13.9 Å². The van der Waals surface area contributed by atoms with Gasteiger partial charge in [0.25, 0.3) is 5.56 Å². The predicted molar refractivity (Wildman–Crippen MR) is 75.1 cm³/mol. The second-order valence-electron chi connectivity index (χ2n) is 5.07. The minimum atomic E-state index is -0.396. The van der Waals surface area contributed by atoms with Gasteiger partial charge in [0.15, 0.2) is 11.9 Å². The standard InChI is InChI=1S/C13H18N4O4/c1-16-11-10(14-8-15-11)12(18)17(13(16)19)5-7-21-9-4-2-3-6-20-9/h8-9H,2-7H2,1H3,(H,14,15). The molecule has 0 bridgehead atoms. The summed E-state index contributed by atoms with van der Waals surface area (Å²) in [6, 6.07) is 0. The Kier molecular flexibility index (Phi) is 3.89. The molecule has 3 rings (SSSR count). The quantitative estimate of drug-likeness (QED) is 0.855. The molecular formula is C13H18N4O4. The van der Waals surface area contributed by atoms with E-state index in [2.05, 4.69) is 9.97 Å². The monoisotopic (exact) mass is 294 g/mol. The summed E-state index contributed by atoms with van der Waals surface area (Å²) in [7, 11) is 1.59. The number of aryl methyl sites for hydroxylation is 1. The van der Waals surface area contributed by atoms with Gasteiger partial charge in [0.2, 0.25) is 0 Å². The van der Waals surface area contributed by atoms with Crippen LogP contribution < -0.4 is 11.2 Å². The van der Waals surface area contributed by atoms with Crippen LogP contribution in [0.15, 0.2) is 15.9 Å². The molecule has 0 spiro atoms. The molecule has 0 amide bonds. The first-order valence-corrected chi connectivity index (χ1v) is 7.04. The lowest BCUT2D eigenvalue weighted by atomic mass is 10.2. The van der Waals surface area contributed by atoms with Gasteiger partial charge in [-0.2, -0.15) is 0 Å². The van der Waals surface area contributed by atoms with Gasteiger partial charge in [-0.15, -0.1) is 0 Å². The maximum Gasteiger partial charge on any atom is 0.332 e. The highest BCUT2D eigenvalue weighted by atomic mass is 16.7. The van der Waals surface area contributed by atoms with Crippen molar-refractivity contribution in [2.75, 3.05) is 13.2 Å². The van der Waals surface area contributed by atoms with Gasteiger partial charge < -0.3 is 14.5 Å². The van der Waals surface area contributed by atoms with Gasteiger partial charge in [-0.1, -0.05) is 0 Å². The molecule has 0 saturated carbocycles. The molecule has 1 atom stereocenters. The number of rotatable bonds is 4. The summed E-state index contributed by atoms with van der Waals surface area (Å²) < 4.78 is 13.5. The van der Waals surface area contributed by atoms with Crippen molar-refractivity contribution in [2.24, 2.45) is 7.05 Å². The number of H-pyrrole nitrogens is 1. The summed E-state index contributed by atoms with van der Waals surface area (Å²) in [6.45, 7) is 1.16. The molecule has 1 aliphatic heterocycles. The normalized spacial score (nSPS) is 19.2. The van der Waals surface area contributed by atoms with Crippen LogP contribution in [0.3, 0.4) is 0 Å².